The summed E-state index contributed by atoms with van der Waals surface area (Å²) >= 11 is 0. The van der Waals surface area contributed by atoms with Crippen LogP contribution in [0.2, 0.25) is 0 Å². The van der Waals surface area contributed by atoms with E-state index in [0.29, 0.717) is 5.69 Å². The smallest absolute Gasteiger partial charge is 0.326 e. The summed E-state index contributed by atoms with van der Waals surface area (Å²) in [6.07, 6.45) is -5.13. The molecule has 2 N–H and O–H groups in total. The average Bonchev–Trinajstić information content (AvgIpc) is 2.26. The van der Waals surface area contributed by atoms with Gasteiger partial charge >= 0.3 is 6.18 Å². The third-order valence-electron chi connectivity index (χ3n) is 2.45. The fourth-order valence-electron chi connectivity index (χ4n) is 1.69. The number of halogens is 3. The maximum absolute atomic E-state index is 12.9. The van der Waals surface area contributed by atoms with E-state index in [-0.39, 0.29) is 0 Å². The number of alkyl halides is 3. The van der Waals surface area contributed by atoms with Gasteiger partial charge in [-0.3, -0.25) is 4.79 Å². The minimum Gasteiger partial charge on any atom is -0.326 e. The van der Waals surface area contributed by atoms with Gasteiger partial charge in [-0.2, -0.15) is 13.2 Å². The van der Waals surface area contributed by atoms with Crippen molar-refractivity contribution in [3.63, 3.8) is 0 Å². The molecule has 0 fully saturated rings. The summed E-state index contributed by atoms with van der Waals surface area (Å²) in [4.78, 5) is 11.7. The molecule has 0 heterocycles. The molecule has 1 aromatic rings. The molecule has 112 valence electrons. The number of carbonyl (C=O) groups is 1. The molecule has 0 saturated carbocycles. The molecular formula is C14H19F3N2O. The van der Waals surface area contributed by atoms with Crippen molar-refractivity contribution in [1.29, 1.82) is 0 Å². The number of hydrogen-bond acceptors (Lipinski definition) is 2. The lowest BCUT2D eigenvalue weighted by Crippen LogP contribution is -2.52. The minimum atomic E-state index is -4.47. The van der Waals surface area contributed by atoms with Gasteiger partial charge < -0.3 is 10.6 Å². The number of para-hydroxylation sites is 1. The van der Waals surface area contributed by atoms with Crippen molar-refractivity contribution >= 4 is 11.6 Å². The Morgan fingerprint density at radius 1 is 1.15 bits per heavy atom. The maximum Gasteiger partial charge on any atom is 0.404 e. The summed E-state index contributed by atoms with van der Waals surface area (Å²) in [5.74, 6) is -0.671. The predicted molar refractivity (Wildman–Crippen MR) is 72.4 cm³/mol. The van der Waals surface area contributed by atoms with Crippen LogP contribution >= 0.6 is 0 Å². The standard InChI is InChI=1S/C14H19F3N2O/c1-13(2,3)19-11(14(15,16)17)9-12(20)18-10-7-5-4-6-8-10/h4-8,11,19H,9H2,1-3H3,(H,18,20). The lowest BCUT2D eigenvalue weighted by atomic mass is 10.0. The van der Waals surface area contributed by atoms with Crippen molar-refractivity contribution in [3.8, 4) is 0 Å². The first-order chi connectivity index (χ1) is 9.08. The molecular weight excluding hydrogens is 269 g/mol. The zero-order valence-electron chi connectivity index (χ0n) is 11.7. The molecule has 1 rings (SSSR count). The Morgan fingerprint density at radius 2 is 1.70 bits per heavy atom. The summed E-state index contributed by atoms with van der Waals surface area (Å²) in [5.41, 5.74) is -0.248. The van der Waals surface area contributed by atoms with Crippen LogP contribution < -0.4 is 10.6 Å². The number of rotatable bonds is 4. The van der Waals surface area contributed by atoms with Gasteiger partial charge in [-0.25, -0.2) is 0 Å². The van der Waals surface area contributed by atoms with E-state index >= 15 is 0 Å². The normalized spacial score (nSPS) is 13.9. The molecule has 1 amide bonds. The highest BCUT2D eigenvalue weighted by Gasteiger charge is 2.42. The Bertz CT molecular complexity index is 438. The highest BCUT2D eigenvalue weighted by molar-refractivity contribution is 5.91. The molecule has 0 radical (unpaired) electrons. The Balaban J connectivity index is 2.68. The fourth-order valence-corrected chi connectivity index (χ4v) is 1.69. The highest BCUT2D eigenvalue weighted by atomic mass is 19.4. The maximum atomic E-state index is 12.9. The van der Waals surface area contributed by atoms with Crippen molar-refractivity contribution in [1.82, 2.24) is 5.32 Å². The van der Waals surface area contributed by atoms with E-state index in [9.17, 15) is 18.0 Å². The molecule has 6 heteroatoms. The van der Waals surface area contributed by atoms with E-state index in [4.69, 9.17) is 0 Å². The van der Waals surface area contributed by atoms with Crippen LogP contribution in [0.5, 0.6) is 0 Å². The third kappa shape index (κ3) is 6.06. The van der Waals surface area contributed by atoms with E-state index in [1.54, 1.807) is 51.1 Å². The second kappa shape index (κ2) is 6.26. The van der Waals surface area contributed by atoms with Crippen molar-refractivity contribution in [2.45, 2.75) is 44.9 Å². The Labute approximate surface area is 116 Å². The van der Waals surface area contributed by atoms with Crippen LogP contribution in [0.25, 0.3) is 0 Å². The molecule has 0 aliphatic heterocycles. The van der Waals surface area contributed by atoms with Gasteiger partial charge in [0.25, 0.3) is 0 Å². The summed E-state index contributed by atoms with van der Waals surface area (Å²) in [6, 6.07) is 6.53. The van der Waals surface area contributed by atoms with Crippen LogP contribution in [0, 0.1) is 0 Å². The van der Waals surface area contributed by atoms with Gasteiger partial charge in [0.1, 0.15) is 6.04 Å². The van der Waals surface area contributed by atoms with Gasteiger partial charge in [0, 0.05) is 11.2 Å². The van der Waals surface area contributed by atoms with E-state index < -0.39 is 30.1 Å². The lowest BCUT2D eigenvalue weighted by molar-refractivity contribution is -0.164. The molecule has 20 heavy (non-hydrogen) atoms. The number of anilines is 1. The molecule has 0 saturated heterocycles. The number of nitrogens with one attached hydrogen (secondary N) is 2. The Hall–Kier alpha value is -1.56. The van der Waals surface area contributed by atoms with Crippen LogP contribution in [-0.4, -0.2) is 23.7 Å². The molecule has 0 bridgehead atoms. The van der Waals surface area contributed by atoms with Crippen molar-refractivity contribution in [2.75, 3.05) is 5.32 Å². The van der Waals surface area contributed by atoms with Crippen LogP contribution in [0.3, 0.4) is 0 Å². The van der Waals surface area contributed by atoms with Gasteiger partial charge in [0.15, 0.2) is 0 Å². The summed E-state index contributed by atoms with van der Waals surface area (Å²) in [5, 5.41) is 4.88. The quantitative estimate of drug-likeness (QED) is 0.892. The molecule has 1 unspecified atom stereocenters. The van der Waals surface area contributed by atoms with E-state index in [1.807, 2.05) is 0 Å². The number of amides is 1. The fraction of sp³-hybridized carbons (Fsp3) is 0.500. The summed E-state index contributed by atoms with van der Waals surface area (Å²) in [6.45, 7) is 4.88. The van der Waals surface area contributed by atoms with Crippen LogP contribution in [0.1, 0.15) is 27.2 Å². The largest absolute Gasteiger partial charge is 0.404 e. The first-order valence-corrected chi connectivity index (χ1v) is 6.27. The van der Waals surface area contributed by atoms with Crippen LogP contribution in [0.4, 0.5) is 18.9 Å². The Morgan fingerprint density at radius 3 is 2.15 bits per heavy atom. The molecule has 1 atom stereocenters. The van der Waals surface area contributed by atoms with E-state index in [1.165, 1.54) is 0 Å². The summed E-state index contributed by atoms with van der Waals surface area (Å²) in [7, 11) is 0. The van der Waals surface area contributed by atoms with Crippen molar-refractivity contribution < 1.29 is 18.0 Å². The lowest BCUT2D eigenvalue weighted by Gasteiger charge is -2.29. The Kier molecular flexibility index (Phi) is 5.16. The molecule has 1 aromatic carbocycles. The summed E-state index contributed by atoms with van der Waals surface area (Å²) < 4.78 is 38.7. The predicted octanol–water partition coefficient (Wildman–Crippen LogP) is 3.33. The second-order valence-corrected chi connectivity index (χ2v) is 5.61. The number of hydrogen-bond donors (Lipinski definition) is 2. The zero-order valence-corrected chi connectivity index (χ0v) is 11.7. The van der Waals surface area contributed by atoms with Crippen molar-refractivity contribution in [3.05, 3.63) is 30.3 Å². The molecule has 3 nitrogen and oxygen atoms in total. The number of benzene rings is 1. The zero-order chi connectivity index (χ0) is 15.4. The first-order valence-electron chi connectivity index (χ1n) is 6.27. The topological polar surface area (TPSA) is 41.1 Å². The second-order valence-electron chi connectivity index (χ2n) is 5.61. The van der Waals surface area contributed by atoms with Gasteiger partial charge in [-0.1, -0.05) is 18.2 Å². The molecule has 0 aromatic heterocycles. The van der Waals surface area contributed by atoms with Crippen LogP contribution in [-0.2, 0) is 4.79 Å². The van der Waals surface area contributed by atoms with Gasteiger partial charge in [0.2, 0.25) is 5.91 Å². The van der Waals surface area contributed by atoms with Gasteiger partial charge in [0.05, 0.1) is 6.42 Å². The van der Waals surface area contributed by atoms with Gasteiger partial charge in [-0.05, 0) is 32.9 Å². The molecule has 0 aliphatic carbocycles. The SMILES string of the molecule is CC(C)(C)NC(CC(=O)Nc1ccccc1)C(F)(F)F. The first kappa shape index (κ1) is 16.5. The van der Waals surface area contributed by atoms with Crippen LogP contribution in [0.15, 0.2) is 30.3 Å². The average molecular weight is 288 g/mol. The van der Waals surface area contributed by atoms with E-state index in [2.05, 4.69) is 10.6 Å². The monoisotopic (exact) mass is 288 g/mol. The molecule has 0 spiro atoms. The third-order valence-corrected chi connectivity index (χ3v) is 2.45. The highest BCUT2D eigenvalue weighted by Crippen LogP contribution is 2.25. The number of carbonyl (C=O) groups excluding carboxylic acids is 1. The van der Waals surface area contributed by atoms with Gasteiger partial charge in [-0.15, -0.1) is 0 Å². The molecule has 0 aliphatic rings. The van der Waals surface area contributed by atoms with E-state index in [0.717, 1.165) is 0 Å². The minimum absolute atomic E-state index is 0.481. The van der Waals surface area contributed by atoms with Crippen molar-refractivity contribution in [2.24, 2.45) is 0 Å².